The van der Waals surface area contributed by atoms with E-state index >= 15 is 0 Å². The Hall–Kier alpha value is -2.23. The highest BCUT2D eigenvalue weighted by Crippen LogP contribution is 2.10. The van der Waals surface area contributed by atoms with Crippen LogP contribution in [0.5, 0.6) is 0 Å². The summed E-state index contributed by atoms with van der Waals surface area (Å²) in [7, 11) is 0. The monoisotopic (exact) mass is 231 g/mol. The van der Waals surface area contributed by atoms with Crippen molar-refractivity contribution in [2.45, 2.75) is 6.42 Å². The fraction of sp³-hybridized carbons (Fsp3) is 0.0769. The number of carbonyl (C=O) groups excluding carboxylic acids is 2. The van der Waals surface area contributed by atoms with E-state index < -0.39 is 0 Å². The number of Topliss-reactive ketones (excluding diaryl/α,β-unsaturated/α-hetero) is 1. The van der Waals surface area contributed by atoms with Crippen LogP contribution in [-0.2, 0) is 6.42 Å². The lowest BCUT2D eigenvalue weighted by atomic mass is 10.1. The number of rotatable bonds is 4. The largest absolute Gasteiger partial charge is 0.358 e. The number of H-pyrrole nitrogens is 1. The van der Waals surface area contributed by atoms with Gasteiger partial charge in [-0.1, -0.05) is 12.1 Å². The van der Waals surface area contributed by atoms with Crippen molar-refractivity contribution >= 4 is 12.1 Å². The SMILES string of the molecule is O=Cc1cc(C(=O)Cc2cccc(F)c2)c[nH]1. The molecule has 0 bridgehead atoms. The lowest BCUT2D eigenvalue weighted by Gasteiger charge is -1.99. The molecule has 0 aliphatic carbocycles. The quantitative estimate of drug-likeness (QED) is 0.648. The van der Waals surface area contributed by atoms with Gasteiger partial charge >= 0.3 is 0 Å². The van der Waals surface area contributed by atoms with Crippen molar-refractivity contribution in [2.75, 3.05) is 0 Å². The van der Waals surface area contributed by atoms with E-state index in [1.807, 2.05) is 0 Å². The summed E-state index contributed by atoms with van der Waals surface area (Å²) in [4.78, 5) is 24.9. The maximum Gasteiger partial charge on any atom is 0.168 e. The Labute approximate surface area is 97.3 Å². The van der Waals surface area contributed by atoms with Gasteiger partial charge in [-0.15, -0.1) is 0 Å². The highest BCUT2D eigenvalue weighted by molar-refractivity contribution is 5.98. The van der Waals surface area contributed by atoms with Crippen LogP contribution in [0.2, 0.25) is 0 Å². The molecule has 17 heavy (non-hydrogen) atoms. The van der Waals surface area contributed by atoms with Gasteiger partial charge in [0.2, 0.25) is 0 Å². The van der Waals surface area contributed by atoms with Crippen LogP contribution in [0.15, 0.2) is 36.5 Å². The minimum atomic E-state index is -0.363. The van der Waals surface area contributed by atoms with Crippen molar-refractivity contribution in [3.63, 3.8) is 0 Å². The van der Waals surface area contributed by atoms with Gasteiger partial charge < -0.3 is 4.98 Å². The Morgan fingerprint density at radius 1 is 1.35 bits per heavy atom. The summed E-state index contributed by atoms with van der Waals surface area (Å²) in [6.45, 7) is 0. The van der Waals surface area contributed by atoms with Crippen molar-refractivity contribution in [1.82, 2.24) is 4.98 Å². The molecule has 0 saturated carbocycles. The van der Waals surface area contributed by atoms with Crippen molar-refractivity contribution in [3.05, 3.63) is 59.2 Å². The number of ketones is 1. The van der Waals surface area contributed by atoms with Gasteiger partial charge in [0.15, 0.2) is 12.1 Å². The normalized spacial score (nSPS) is 10.2. The van der Waals surface area contributed by atoms with Crippen LogP contribution in [0.3, 0.4) is 0 Å². The summed E-state index contributed by atoms with van der Waals surface area (Å²) in [6.07, 6.45) is 2.23. The number of carbonyl (C=O) groups is 2. The summed E-state index contributed by atoms with van der Waals surface area (Å²) >= 11 is 0. The van der Waals surface area contributed by atoms with Crippen molar-refractivity contribution in [3.8, 4) is 0 Å². The number of hydrogen-bond donors (Lipinski definition) is 1. The average Bonchev–Trinajstić information content (AvgIpc) is 2.77. The fourth-order valence-corrected chi connectivity index (χ4v) is 1.58. The third-order valence-electron chi connectivity index (χ3n) is 2.41. The minimum absolute atomic E-state index is 0.119. The van der Waals surface area contributed by atoms with Gasteiger partial charge in [0.25, 0.3) is 0 Å². The summed E-state index contributed by atoms with van der Waals surface area (Å²) < 4.78 is 12.9. The molecule has 1 aromatic heterocycles. The van der Waals surface area contributed by atoms with Crippen LogP contribution in [0.1, 0.15) is 26.4 Å². The molecule has 1 N–H and O–H groups in total. The topological polar surface area (TPSA) is 49.9 Å². The molecule has 3 nitrogen and oxygen atoms in total. The first-order chi connectivity index (χ1) is 8.19. The van der Waals surface area contributed by atoms with E-state index in [4.69, 9.17) is 0 Å². The molecule has 0 spiro atoms. The Balaban J connectivity index is 2.14. The number of aldehydes is 1. The smallest absolute Gasteiger partial charge is 0.168 e. The second-order valence-electron chi connectivity index (χ2n) is 3.69. The van der Waals surface area contributed by atoms with E-state index in [9.17, 15) is 14.0 Å². The average molecular weight is 231 g/mol. The number of hydrogen-bond acceptors (Lipinski definition) is 2. The molecule has 2 aromatic rings. The molecule has 0 aliphatic rings. The molecule has 0 unspecified atom stereocenters. The van der Waals surface area contributed by atoms with Crippen LogP contribution < -0.4 is 0 Å². The lowest BCUT2D eigenvalue weighted by Crippen LogP contribution is -2.02. The Bertz CT molecular complexity index is 560. The highest BCUT2D eigenvalue weighted by atomic mass is 19.1. The Morgan fingerprint density at radius 3 is 2.82 bits per heavy atom. The van der Waals surface area contributed by atoms with E-state index in [1.54, 1.807) is 12.1 Å². The molecule has 0 fully saturated rings. The number of benzene rings is 1. The fourth-order valence-electron chi connectivity index (χ4n) is 1.58. The second kappa shape index (κ2) is 4.74. The molecule has 0 radical (unpaired) electrons. The molecule has 0 atom stereocenters. The maximum absolute atomic E-state index is 12.9. The summed E-state index contributed by atoms with van der Waals surface area (Å²) in [5.41, 5.74) is 1.40. The summed E-state index contributed by atoms with van der Waals surface area (Å²) in [5, 5.41) is 0. The lowest BCUT2D eigenvalue weighted by molar-refractivity contribution is 0.0993. The third kappa shape index (κ3) is 2.66. The van der Waals surface area contributed by atoms with Crippen LogP contribution >= 0.6 is 0 Å². The maximum atomic E-state index is 12.9. The predicted molar refractivity (Wildman–Crippen MR) is 60.6 cm³/mol. The van der Waals surface area contributed by atoms with E-state index in [0.29, 0.717) is 23.1 Å². The van der Waals surface area contributed by atoms with Gasteiger partial charge in [-0.3, -0.25) is 9.59 Å². The zero-order valence-electron chi connectivity index (χ0n) is 8.94. The zero-order valence-corrected chi connectivity index (χ0v) is 8.94. The summed E-state index contributed by atoms with van der Waals surface area (Å²) in [6, 6.07) is 7.38. The van der Waals surface area contributed by atoms with Crippen molar-refractivity contribution in [2.24, 2.45) is 0 Å². The van der Waals surface area contributed by atoms with Gasteiger partial charge in [0.1, 0.15) is 5.82 Å². The first-order valence-electron chi connectivity index (χ1n) is 5.10. The van der Waals surface area contributed by atoms with Gasteiger partial charge in [0, 0.05) is 18.2 Å². The number of halogens is 1. The van der Waals surface area contributed by atoms with Crippen molar-refractivity contribution < 1.29 is 14.0 Å². The molecular formula is C13H10FNO2. The summed E-state index contributed by atoms with van der Waals surface area (Å²) in [5.74, 6) is -0.516. The molecule has 0 aliphatic heterocycles. The number of nitrogens with one attached hydrogen (secondary N) is 1. The van der Waals surface area contributed by atoms with E-state index in [2.05, 4.69) is 4.98 Å². The molecular weight excluding hydrogens is 221 g/mol. The molecule has 4 heteroatoms. The Morgan fingerprint density at radius 2 is 2.18 bits per heavy atom. The molecule has 1 aromatic carbocycles. The third-order valence-corrected chi connectivity index (χ3v) is 2.41. The Kier molecular flexibility index (Phi) is 3.14. The van der Waals surface area contributed by atoms with Gasteiger partial charge in [-0.25, -0.2) is 4.39 Å². The second-order valence-corrected chi connectivity index (χ2v) is 3.69. The molecule has 1 heterocycles. The standard InChI is InChI=1S/C13H10FNO2/c14-11-3-1-2-9(4-11)5-13(17)10-6-12(8-16)15-7-10/h1-4,6-8,15H,5H2. The molecule has 0 saturated heterocycles. The highest BCUT2D eigenvalue weighted by Gasteiger charge is 2.09. The minimum Gasteiger partial charge on any atom is -0.358 e. The molecule has 86 valence electrons. The van der Waals surface area contributed by atoms with E-state index in [0.717, 1.165) is 0 Å². The van der Waals surface area contributed by atoms with Crippen molar-refractivity contribution in [1.29, 1.82) is 0 Å². The molecule has 2 rings (SSSR count). The van der Waals surface area contributed by atoms with Crippen LogP contribution in [0.25, 0.3) is 0 Å². The van der Waals surface area contributed by atoms with Gasteiger partial charge in [-0.2, -0.15) is 0 Å². The van der Waals surface area contributed by atoms with Crippen LogP contribution in [0, 0.1) is 5.82 Å². The first-order valence-corrected chi connectivity index (χ1v) is 5.10. The van der Waals surface area contributed by atoms with Gasteiger partial charge in [0.05, 0.1) is 5.69 Å². The zero-order chi connectivity index (χ0) is 12.3. The van der Waals surface area contributed by atoms with E-state index in [1.165, 1.54) is 24.4 Å². The van der Waals surface area contributed by atoms with E-state index in [-0.39, 0.29) is 18.0 Å². The predicted octanol–water partition coefficient (Wildman–Crippen LogP) is 2.39. The van der Waals surface area contributed by atoms with Crippen LogP contribution in [0.4, 0.5) is 4.39 Å². The van der Waals surface area contributed by atoms with Gasteiger partial charge in [-0.05, 0) is 23.8 Å². The van der Waals surface area contributed by atoms with Crippen LogP contribution in [-0.4, -0.2) is 17.1 Å². The number of aromatic amines is 1. The first kappa shape index (κ1) is 11.3. The number of aromatic nitrogens is 1. The molecule has 0 amide bonds.